The molecule has 2 rings (SSSR count). The minimum absolute atomic E-state index is 0.240. The number of ether oxygens (including phenoxy) is 3. The molecule has 6 heteroatoms. The van der Waals surface area contributed by atoms with E-state index in [-0.39, 0.29) is 18.8 Å². The summed E-state index contributed by atoms with van der Waals surface area (Å²) in [5, 5.41) is 3.11. The molecule has 0 aliphatic carbocycles. The first kappa shape index (κ1) is 14.1. The molecule has 0 fully saturated rings. The molecular weight excluding hydrogens is 314 g/mol. The highest BCUT2D eigenvalue weighted by molar-refractivity contribution is 9.10. The summed E-state index contributed by atoms with van der Waals surface area (Å²) < 4.78 is 16.4. The van der Waals surface area contributed by atoms with Gasteiger partial charge in [0, 0.05) is 6.54 Å². The summed E-state index contributed by atoms with van der Waals surface area (Å²) in [6.45, 7) is 4.75. The Bertz CT molecular complexity index is 478. The Morgan fingerprint density at radius 2 is 2.32 bits per heavy atom. The van der Waals surface area contributed by atoms with Gasteiger partial charge in [0.05, 0.1) is 11.1 Å². The van der Waals surface area contributed by atoms with Crippen molar-refractivity contribution in [3.8, 4) is 11.5 Å². The van der Waals surface area contributed by atoms with Gasteiger partial charge in [-0.05, 0) is 47.5 Å². The second-order valence-electron chi connectivity index (χ2n) is 4.17. The van der Waals surface area contributed by atoms with Gasteiger partial charge < -0.3 is 19.5 Å². The van der Waals surface area contributed by atoms with Crippen LogP contribution in [0.5, 0.6) is 11.5 Å². The first-order chi connectivity index (χ1) is 9.11. The SMILES string of the molecule is CCOC(=O)C(C)NCc1cc(Br)c2c(c1)OCO2. The standard InChI is InChI=1S/C13H16BrNO4/c1-3-17-13(16)8(2)15-6-9-4-10(14)12-11(5-9)18-7-19-12/h4-5,8,15H,3,6-7H2,1-2H3. The van der Waals surface area contributed by atoms with E-state index in [0.717, 1.165) is 21.5 Å². The molecule has 1 aliphatic heterocycles. The van der Waals surface area contributed by atoms with Crippen molar-refractivity contribution in [1.82, 2.24) is 5.32 Å². The molecule has 0 radical (unpaired) electrons. The smallest absolute Gasteiger partial charge is 0.322 e. The van der Waals surface area contributed by atoms with Gasteiger partial charge in [-0.2, -0.15) is 0 Å². The maximum absolute atomic E-state index is 11.5. The zero-order chi connectivity index (χ0) is 13.8. The lowest BCUT2D eigenvalue weighted by molar-refractivity contribution is -0.145. The number of hydrogen-bond acceptors (Lipinski definition) is 5. The lowest BCUT2D eigenvalue weighted by Gasteiger charge is -2.13. The van der Waals surface area contributed by atoms with E-state index in [1.54, 1.807) is 13.8 Å². The van der Waals surface area contributed by atoms with E-state index in [0.29, 0.717) is 13.2 Å². The van der Waals surface area contributed by atoms with E-state index in [4.69, 9.17) is 14.2 Å². The Labute approximate surface area is 120 Å². The summed E-state index contributed by atoms with van der Waals surface area (Å²) in [4.78, 5) is 11.5. The van der Waals surface area contributed by atoms with E-state index < -0.39 is 0 Å². The number of benzene rings is 1. The molecule has 1 aliphatic rings. The van der Waals surface area contributed by atoms with Gasteiger partial charge >= 0.3 is 5.97 Å². The molecule has 1 unspecified atom stereocenters. The molecule has 0 spiro atoms. The van der Waals surface area contributed by atoms with Crippen molar-refractivity contribution in [2.75, 3.05) is 13.4 Å². The number of nitrogens with one attached hydrogen (secondary N) is 1. The van der Waals surface area contributed by atoms with Crippen molar-refractivity contribution in [2.24, 2.45) is 0 Å². The average molecular weight is 330 g/mol. The number of carbonyl (C=O) groups is 1. The Hall–Kier alpha value is -1.27. The lowest BCUT2D eigenvalue weighted by Crippen LogP contribution is -2.34. The third kappa shape index (κ3) is 3.39. The number of rotatable bonds is 5. The first-order valence-corrected chi connectivity index (χ1v) is 6.89. The molecule has 0 aromatic heterocycles. The predicted molar refractivity (Wildman–Crippen MR) is 73.2 cm³/mol. The molecule has 19 heavy (non-hydrogen) atoms. The van der Waals surface area contributed by atoms with Crippen LogP contribution in [-0.4, -0.2) is 25.4 Å². The normalized spacial score (nSPS) is 14.3. The van der Waals surface area contributed by atoms with Gasteiger partial charge in [0.2, 0.25) is 6.79 Å². The number of hydrogen-bond donors (Lipinski definition) is 1. The summed E-state index contributed by atoms with van der Waals surface area (Å²) in [7, 11) is 0. The van der Waals surface area contributed by atoms with Crippen LogP contribution in [0.4, 0.5) is 0 Å². The third-order valence-corrected chi connectivity index (χ3v) is 3.33. The highest BCUT2D eigenvalue weighted by atomic mass is 79.9. The second-order valence-corrected chi connectivity index (χ2v) is 5.02. The summed E-state index contributed by atoms with van der Waals surface area (Å²) in [6, 6.07) is 3.50. The Morgan fingerprint density at radius 3 is 3.05 bits per heavy atom. The van der Waals surface area contributed by atoms with Crippen LogP contribution in [0.1, 0.15) is 19.4 Å². The molecule has 0 saturated carbocycles. The average Bonchev–Trinajstić information content (AvgIpc) is 2.85. The van der Waals surface area contributed by atoms with Crippen LogP contribution in [0.3, 0.4) is 0 Å². The van der Waals surface area contributed by atoms with E-state index in [9.17, 15) is 4.79 Å². The van der Waals surface area contributed by atoms with E-state index >= 15 is 0 Å². The second kappa shape index (κ2) is 6.25. The van der Waals surface area contributed by atoms with Crippen molar-refractivity contribution in [3.05, 3.63) is 22.2 Å². The topological polar surface area (TPSA) is 56.8 Å². The maximum atomic E-state index is 11.5. The molecule has 1 N–H and O–H groups in total. The van der Waals surface area contributed by atoms with Gasteiger partial charge in [-0.15, -0.1) is 0 Å². The quantitative estimate of drug-likeness (QED) is 0.839. The highest BCUT2D eigenvalue weighted by Crippen LogP contribution is 2.39. The summed E-state index contributed by atoms with van der Waals surface area (Å²) in [6.07, 6.45) is 0. The highest BCUT2D eigenvalue weighted by Gasteiger charge is 2.19. The number of carbonyl (C=O) groups excluding carboxylic acids is 1. The van der Waals surface area contributed by atoms with Crippen molar-refractivity contribution >= 4 is 21.9 Å². The van der Waals surface area contributed by atoms with Gasteiger partial charge in [-0.25, -0.2) is 0 Å². The van der Waals surface area contributed by atoms with Crippen LogP contribution in [0, 0.1) is 0 Å². The van der Waals surface area contributed by atoms with Gasteiger partial charge in [-0.3, -0.25) is 4.79 Å². The fraction of sp³-hybridized carbons (Fsp3) is 0.462. The molecule has 1 aromatic carbocycles. The van der Waals surface area contributed by atoms with Crippen LogP contribution in [0.25, 0.3) is 0 Å². The fourth-order valence-corrected chi connectivity index (χ4v) is 2.35. The zero-order valence-electron chi connectivity index (χ0n) is 10.9. The van der Waals surface area contributed by atoms with Crippen molar-refractivity contribution in [3.63, 3.8) is 0 Å². The van der Waals surface area contributed by atoms with E-state index in [2.05, 4.69) is 21.2 Å². The molecular formula is C13H16BrNO4. The van der Waals surface area contributed by atoms with Gasteiger partial charge in [0.1, 0.15) is 6.04 Å². The van der Waals surface area contributed by atoms with Crippen LogP contribution in [0.2, 0.25) is 0 Å². The number of fused-ring (bicyclic) bond motifs is 1. The van der Waals surface area contributed by atoms with E-state index in [1.165, 1.54) is 0 Å². The number of esters is 1. The zero-order valence-corrected chi connectivity index (χ0v) is 12.5. The molecule has 1 aromatic rings. The minimum atomic E-state index is -0.343. The van der Waals surface area contributed by atoms with Crippen LogP contribution < -0.4 is 14.8 Å². The molecule has 0 bridgehead atoms. The molecule has 5 nitrogen and oxygen atoms in total. The maximum Gasteiger partial charge on any atom is 0.322 e. The Balaban J connectivity index is 1.97. The molecule has 0 saturated heterocycles. The summed E-state index contributed by atoms with van der Waals surface area (Å²) in [5.74, 6) is 1.19. The molecule has 1 atom stereocenters. The van der Waals surface area contributed by atoms with Crippen molar-refractivity contribution in [2.45, 2.75) is 26.4 Å². The fourth-order valence-electron chi connectivity index (χ4n) is 1.74. The minimum Gasteiger partial charge on any atom is -0.465 e. The van der Waals surface area contributed by atoms with Gasteiger partial charge in [0.15, 0.2) is 11.5 Å². The van der Waals surface area contributed by atoms with E-state index in [1.807, 2.05) is 12.1 Å². The van der Waals surface area contributed by atoms with Gasteiger partial charge in [-0.1, -0.05) is 0 Å². The molecule has 104 valence electrons. The lowest BCUT2D eigenvalue weighted by atomic mass is 10.2. The van der Waals surface area contributed by atoms with Gasteiger partial charge in [0.25, 0.3) is 0 Å². The van der Waals surface area contributed by atoms with Crippen LogP contribution in [-0.2, 0) is 16.1 Å². The monoisotopic (exact) mass is 329 g/mol. The molecule has 0 amide bonds. The Kier molecular flexibility index (Phi) is 4.66. The summed E-state index contributed by atoms with van der Waals surface area (Å²) in [5.41, 5.74) is 1.01. The molecule has 1 heterocycles. The number of halogens is 1. The Morgan fingerprint density at radius 1 is 1.53 bits per heavy atom. The largest absolute Gasteiger partial charge is 0.465 e. The third-order valence-electron chi connectivity index (χ3n) is 2.74. The first-order valence-electron chi connectivity index (χ1n) is 6.10. The summed E-state index contributed by atoms with van der Waals surface area (Å²) >= 11 is 3.43. The predicted octanol–water partition coefficient (Wildman–Crippen LogP) is 2.22. The van der Waals surface area contributed by atoms with Crippen molar-refractivity contribution in [1.29, 1.82) is 0 Å². The van der Waals surface area contributed by atoms with Crippen molar-refractivity contribution < 1.29 is 19.0 Å². The van der Waals surface area contributed by atoms with Crippen LogP contribution >= 0.6 is 15.9 Å². The van der Waals surface area contributed by atoms with Crippen LogP contribution in [0.15, 0.2) is 16.6 Å².